The molecule has 12 heteroatoms. The molecule has 4 aromatic rings. The summed E-state index contributed by atoms with van der Waals surface area (Å²) in [5.41, 5.74) is 3.47. The second kappa shape index (κ2) is 17.7. The second-order valence-corrected chi connectivity index (χ2v) is 13.6. The van der Waals surface area contributed by atoms with Crippen LogP contribution < -0.4 is 14.4 Å². The standard InChI is InChI=1S/C42H45F3N4O5/c1-46(28-34-12-18-38-39(27-34)54-30-53-38)20-21-47(2)41(51)37(26-32-6-4-3-5-7-32)49(29-33-10-16-36(17-11-33)48-22-24-52-25-23-48)40(50)19-13-31-8-14-35(15-9-31)42(43,44)45/h3-19,27,37H,20-26,28-30H2,1-2H3/t37-/m0/s1. The third-order valence-corrected chi connectivity index (χ3v) is 9.62. The normalized spacial score (nSPS) is 14.7. The molecule has 2 aliphatic heterocycles. The van der Waals surface area contributed by atoms with Crippen molar-refractivity contribution in [2.24, 2.45) is 0 Å². The SMILES string of the molecule is CN(CCN(C)C(=O)[C@H](Cc1ccccc1)N(Cc1ccc(N2CCOCC2)cc1)C(=O)C=Cc1ccc(C(F)(F)F)cc1)Cc1ccc2c(c1)OCO2. The number of morpholine rings is 1. The van der Waals surface area contributed by atoms with Crippen molar-refractivity contribution >= 4 is 23.6 Å². The Labute approximate surface area is 314 Å². The van der Waals surface area contributed by atoms with E-state index in [0.717, 1.165) is 53.3 Å². The van der Waals surface area contributed by atoms with E-state index in [1.54, 1.807) is 16.8 Å². The van der Waals surface area contributed by atoms with E-state index in [1.807, 2.05) is 79.8 Å². The zero-order valence-electron chi connectivity index (χ0n) is 30.5. The van der Waals surface area contributed by atoms with E-state index in [4.69, 9.17) is 14.2 Å². The molecule has 2 amide bonds. The highest BCUT2D eigenvalue weighted by molar-refractivity contribution is 5.95. The van der Waals surface area contributed by atoms with Crippen LogP contribution >= 0.6 is 0 Å². The molecular weight excluding hydrogens is 697 g/mol. The number of amides is 2. The van der Waals surface area contributed by atoms with Crippen LogP contribution in [0.5, 0.6) is 11.5 Å². The van der Waals surface area contributed by atoms with Gasteiger partial charge in [0.25, 0.3) is 0 Å². The summed E-state index contributed by atoms with van der Waals surface area (Å²) in [6.07, 6.45) is -1.39. The molecule has 2 heterocycles. The summed E-state index contributed by atoms with van der Waals surface area (Å²) in [5.74, 6) is 0.772. The largest absolute Gasteiger partial charge is 0.454 e. The van der Waals surface area contributed by atoms with Gasteiger partial charge in [-0.05, 0) is 71.8 Å². The number of hydrogen-bond donors (Lipinski definition) is 0. The second-order valence-electron chi connectivity index (χ2n) is 13.6. The van der Waals surface area contributed by atoms with Crippen molar-refractivity contribution in [3.63, 3.8) is 0 Å². The van der Waals surface area contributed by atoms with Crippen molar-refractivity contribution < 1.29 is 37.0 Å². The number of halogens is 3. The molecule has 2 aliphatic rings. The van der Waals surface area contributed by atoms with E-state index in [-0.39, 0.29) is 25.7 Å². The monoisotopic (exact) mass is 742 g/mol. The van der Waals surface area contributed by atoms with Gasteiger partial charge in [-0.15, -0.1) is 0 Å². The van der Waals surface area contributed by atoms with Crippen LogP contribution in [0.25, 0.3) is 6.08 Å². The third kappa shape index (κ3) is 10.2. The molecule has 284 valence electrons. The van der Waals surface area contributed by atoms with Gasteiger partial charge in [-0.1, -0.05) is 60.7 Å². The van der Waals surface area contributed by atoms with Gasteiger partial charge in [-0.25, -0.2) is 0 Å². The van der Waals surface area contributed by atoms with Gasteiger partial charge in [-0.3, -0.25) is 9.59 Å². The number of benzene rings is 4. The maximum Gasteiger partial charge on any atom is 0.416 e. The number of carbonyl (C=O) groups is 2. The number of carbonyl (C=O) groups excluding carboxylic acids is 2. The third-order valence-electron chi connectivity index (χ3n) is 9.62. The average molecular weight is 743 g/mol. The summed E-state index contributed by atoms with van der Waals surface area (Å²) in [4.78, 5) is 36.3. The van der Waals surface area contributed by atoms with Gasteiger partial charge >= 0.3 is 6.18 Å². The predicted molar refractivity (Wildman–Crippen MR) is 201 cm³/mol. The van der Waals surface area contributed by atoms with Crippen molar-refractivity contribution in [1.82, 2.24) is 14.7 Å². The fraction of sp³-hybridized carbons (Fsp3) is 0.333. The Morgan fingerprint density at radius 2 is 1.48 bits per heavy atom. The number of alkyl halides is 3. The zero-order chi connectivity index (χ0) is 38.1. The highest BCUT2D eigenvalue weighted by Gasteiger charge is 2.32. The Hall–Kier alpha value is -5.33. The number of fused-ring (bicyclic) bond motifs is 1. The van der Waals surface area contributed by atoms with E-state index in [0.29, 0.717) is 44.2 Å². The Balaban J connectivity index is 1.23. The van der Waals surface area contributed by atoms with Crippen LogP contribution in [-0.4, -0.2) is 92.8 Å². The molecule has 6 rings (SSSR count). The minimum absolute atomic E-state index is 0.140. The number of ether oxygens (including phenoxy) is 3. The van der Waals surface area contributed by atoms with E-state index < -0.39 is 23.7 Å². The first-order valence-electron chi connectivity index (χ1n) is 18.0. The Morgan fingerprint density at radius 3 is 2.19 bits per heavy atom. The van der Waals surface area contributed by atoms with Crippen LogP contribution in [0, 0.1) is 0 Å². The van der Waals surface area contributed by atoms with Crippen LogP contribution in [0.3, 0.4) is 0 Å². The summed E-state index contributed by atoms with van der Waals surface area (Å²) in [5, 5.41) is 0. The Morgan fingerprint density at radius 1 is 0.796 bits per heavy atom. The lowest BCUT2D eigenvalue weighted by molar-refractivity contribution is -0.143. The van der Waals surface area contributed by atoms with E-state index in [9.17, 15) is 22.8 Å². The predicted octanol–water partition coefficient (Wildman–Crippen LogP) is 6.51. The molecule has 1 saturated heterocycles. The van der Waals surface area contributed by atoms with Crippen LogP contribution in [0.1, 0.15) is 27.8 Å². The number of likely N-dealkylation sites (N-methyl/N-ethyl adjacent to an activating group) is 2. The molecule has 0 unspecified atom stereocenters. The van der Waals surface area contributed by atoms with Crippen LogP contribution in [0.4, 0.5) is 18.9 Å². The zero-order valence-corrected chi connectivity index (χ0v) is 30.5. The fourth-order valence-electron chi connectivity index (χ4n) is 6.50. The first-order valence-corrected chi connectivity index (χ1v) is 18.0. The molecule has 54 heavy (non-hydrogen) atoms. The van der Waals surface area contributed by atoms with Gasteiger partial charge < -0.3 is 33.8 Å². The maximum atomic E-state index is 14.5. The quantitative estimate of drug-likeness (QED) is 0.136. The average Bonchev–Trinajstić information content (AvgIpc) is 3.66. The van der Waals surface area contributed by atoms with Crippen LogP contribution in [0.15, 0.2) is 103 Å². The lowest BCUT2D eigenvalue weighted by Crippen LogP contribution is -2.51. The molecule has 4 aromatic carbocycles. The minimum Gasteiger partial charge on any atom is -0.454 e. The summed E-state index contributed by atoms with van der Waals surface area (Å²) < 4.78 is 56.0. The van der Waals surface area contributed by atoms with E-state index >= 15 is 0 Å². The molecule has 0 radical (unpaired) electrons. The number of anilines is 1. The van der Waals surface area contributed by atoms with Crippen molar-refractivity contribution in [3.8, 4) is 11.5 Å². The molecule has 0 aromatic heterocycles. The maximum absolute atomic E-state index is 14.5. The van der Waals surface area contributed by atoms with Gasteiger partial charge in [0.2, 0.25) is 18.6 Å². The molecule has 1 fully saturated rings. The molecule has 0 spiro atoms. The van der Waals surface area contributed by atoms with Crippen molar-refractivity contribution in [3.05, 3.63) is 131 Å². The molecular formula is C42H45F3N4O5. The summed E-state index contributed by atoms with van der Waals surface area (Å²) in [6.45, 7) is 4.82. The molecule has 1 atom stereocenters. The molecule has 0 N–H and O–H groups in total. The smallest absolute Gasteiger partial charge is 0.416 e. The van der Waals surface area contributed by atoms with Crippen molar-refractivity contribution in [2.45, 2.75) is 31.7 Å². The molecule has 9 nitrogen and oxygen atoms in total. The lowest BCUT2D eigenvalue weighted by Gasteiger charge is -2.34. The summed E-state index contributed by atoms with van der Waals surface area (Å²) in [7, 11) is 3.72. The topological polar surface area (TPSA) is 74.8 Å². The lowest BCUT2D eigenvalue weighted by atomic mass is 10.0. The first kappa shape index (κ1) is 38.4. The number of rotatable bonds is 14. The first-order chi connectivity index (χ1) is 26.0. The number of nitrogens with zero attached hydrogens (tertiary/aromatic N) is 4. The van der Waals surface area contributed by atoms with Gasteiger partial charge in [0, 0.05) is 64.5 Å². The van der Waals surface area contributed by atoms with Crippen LogP contribution in [0.2, 0.25) is 0 Å². The van der Waals surface area contributed by atoms with E-state index in [2.05, 4.69) is 9.80 Å². The summed E-state index contributed by atoms with van der Waals surface area (Å²) >= 11 is 0. The highest BCUT2D eigenvalue weighted by Crippen LogP contribution is 2.33. The van der Waals surface area contributed by atoms with Gasteiger partial charge in [0.1, 0.15) is 6.04 Å². The Kier molecular flexibility index (Phi) is 12.6. The van der Waals surface area contributed by atoms with Crippen molar-refractivity contribution in [1.29, 1.82) is 0 Å². The van der Waals surface area contributed by atoms with Gasteiger partial charge in [0.15, 0.2) is 11.5 Å². The van der Waals surface area contributed by atoms with Crippen LogP contribution in [-0.2, 0) is 40.0 Å². The highest BCUT2D eigenvalue weighted by atomic mass is 19.4. The van der Waals surface area contributed by atoms with Crippen molar-refractivity contribution in [2.75, 3.05) is 65.2 Å². The van der Waals surface area contributed by atoms with Gasteiger partial charge in [0.05, 0.1) is 18.8 Å². The number of hydrogen-bond acceptors (Lipinski definition) is 7. The van der Waals surface area contributed by atoms with Gasteiger partial charge in [-0.2, -0.15) is 13.2 Å². The molecule has 0 bridgehead atoms. The van der Waals surface area contributed by atoms with E-state index in [1.165, 1.54) is 24.3 Å². The summed E-state index contributed by atoms with van der Waals surface area (Å²) in [6, 6.07) is 27.1. The molecule has 0 aliphatic carbocycles. The fourth-order valence-corrected chi connectivity index (χ4v) is 6.50. The Bertz CT molecular complexity index is 1880. The molecule has 0 saturated carbocycles. The minimum atomic E-state index is -4.47.